The number of ether oxygens (including phenoxy) is 15. The average molecular weight is 1010 g/mol. The first-order chi connectivity index (χ1) is 33.0. The molecule has 15 N–H and O–H groups in total. The molecular formula is C39H61NO29. The van der Waals surface area contributed by atoms with Crippen LogP contribution in [0.5, 0.6) is 0 Å². The summed E-state index contributed by atoms with van der Waals surface area (Å²) in [4.78, 5) is 11.7. The molecule has 18 unspecified atom stereocenters. The van der Waals surface area contributed by atoms with Crippen LogP contribution in [0.15, 0.2) is 0 Å². The van der Waals surface area contributed by atoms with Gasteiger partial charge in [-0.3, -0.25) is 0 Å². The Bertz CT molecular complexity index is 1700. The van der Waals surface area contributed by atoms with Gasteiger partial charge in [0, 0.05) is 13.0 Å². The average Bonchev–Trinajstić information content (AvgIpc) is 4.26. The zero-order chi connectivity index (χ0) is 49.2. The Labute approximate surface area is 390 Å². The number of unbranched alkanes of at least 4 members (excludes halogenated alkanes) is 2. The normalized spacial score (nSPS) is 53.6. The number of rotatable bonds is 19. The lowest BCUT2D eigenvalue weighted by molar-refractivity contribution is -0.385. The number of carbonyl (C=O) groups is 1. The molecular weight excluding hydrogens is 946 g/mol. The number of carboxylic acids is 1. The predicted octanol–water partition coefficient (Wildman–Crippen LogP) is -9.46. The van der Waals surface area contributed by atoms with Crippen molar-refractivity contribution in [2.45, 2.75) is 210 Å². The highest BCUT2D eigenvalue weighted by Crippen LogP contribution is 2.45. The van der Waals surface area contributed by atoms with Gasteiger partial charge in [-0.15, -0.1) is 0 Å². The van der Waals surface area contributed by atoms with Gasteiger partial charge in [0.15, 0.2) is 62.7 Å². The van der Waals surface area contributed by atoms with Crippen molar-refractivity contribution in [3.8, 4) is 0 Å². The summed E-state index contributed by atoms with van der Waals surface area (Å²) in [6.07, 6.45) is -45.7. The Hall–Kier alpha value is -1.65. The monoisotopic (exact) mass is 1010 g/mol. The Balaban J connectivity index is 0.938. The van der Waals surface area contributed by atoms with Gasteiger partial charge in [-0.1, -0.05) is 0 Å². The number of hydrogen-bond acceptors (Lipinski definition) is 29. The minimum absolute atomic E-state index is 0.178. The molecule has 10 aliphatic heterocycles. The first-order valence-electron chi connectivity index (χ1n) is 22.8. The summed E-state index contributed by atoms with van der Waals surface area (Å²) in [5.41, 5.74) is 5.58. The predicted molar refractivity (Wildman–Crippen MR) is 206 cm³/mol. The van der Waals surface area contributed by atoms with E-state index in [1.165, 1.54) is 0 Å². The third kappa shape index (κ3) is 10.7. The molecule has 0 aromatic carbocycles. The molecule has 10 rings (SSSR count). The first kappa shape index (κ1) is 52.2. The van der Waals surface area contributed by atoms with Crippen LogP contribution in [0.1, 0.15) is 25.7 Å². The lowest BCUT2D eigenvalue weighted by Crippen LogP contribution is -2.65. The number of hydrogen-bond donors (Lipinski definition) is 14. The van der Waals surface area contributed by atoms with E-state index in [1.54, 1.807) is 0 Å². The standard InChI is InChI=1S/C39H61NO29/c40-4-2-1-3-5-55-33-23(52)25(28-37(66-28)68-33)62-38-29(65-34-21(50)15(44)14(43)11(59-34)8-56-32-20(49)16(45)17(46)26(63-32)31(53)54)27(30-39(67-30)69-38)64-35-22(51)18(47)24(10(7-41)58-35)61-36-19(48)13(42)9-6-12(57-9)60-36/h9-30,32-39,41-52H,1-8,40H2,(H,53,54)/t9-,10?,11?,12?,13?,14+,15?,16?,17-,18?,19?,20?,21?,22?,23?,24+,25?,26?,27?,28+,29?,30+,32-,33+,34+,35-,36+,37?,38+,39?/m0/s1. The molecule has 2 bridgehead atoms. The van der Waals surface area contributed by atoms with Crippen molar-refractivity contribution < 1.29 is 142 Å². The van der Waals surface area contributed by atoms with E-state index >= 15 is 0 Å². The van der Waals surface area contributed by atoms with Crippen LogP contribution in [0.4, 0.5) is 0 Å². The summed E-state index contributed by atoms with van der Waals surface area (Å²) < 4.78 is 86.8. The Morgan fingerprint density at radius 3 is 1.71 bits per heavy atom. The zero-order valence-electron chi connectivity index (χ0n) is 36.4. The van der Waals surface area contributed by atoms with E-state index in [9.17, 15) is 71.2 Å². The second-order valence-corrected chi connectivity index (χ2v) is 18.2. The minimum Gasteiger partial charge on any atom is -0.479 e. The molecule has 10 fully saturated rings. The third-order valence-electron chi connectivity index (χ3n) is 13.4. The van der Waals surface area contributed by atoms with Crippen molar-refractivity contribution in [3.63, 3.8) is 0 Å². The number of nitrogens with two attached hydrogens (primary N) is 1. The summed E-state index contributed by atoms with van der Waals surface area (Å²) in [6, 6.07) is 0. The van der Waals surface area contributed by atoms with Gasteiger partial charge in [0.05, 0.1) is 19.3 Å². The van der Waals surface area contributed by atoms with Crippen LogP contribution in [0.25, 0.3) is 0 Å². The molecule has 10 saturated heterocycles. The van der Waals surface area contributed by atoms with E-state index in [-0.39, 0.29) is 13.0 Å². The van der Waals surface area contributed by atoms with Crippen molar-refractivity contribution in [2.24, 2.45) is 5.73 Å². The van der Waals surface area contributed by atoms with Crippen molar-refractivity contribution in [1.29, 1.82) is 0 Å². The maximum absolute atomic E-state index is 11.7. The molecule has 0 spiro atoms. The SMILES string of the molecule is NCCCCCO[C@@H]1OC2O[C@@H]2C(O[C@@H]2OC3O[C@@H]3C(O[C@@H]3OC(CO)[C@@H](O[C@H]4OC5C[C@H](O5)C(O)C4O)C(O)C3O)C2O[C@H]2OC(CO[C@H]3OC(C(=O)O)[C@@H](O)C(O)C3O)[C@@H](O)C(O)C2O)C1O. The van der Waals surface area contributed by atoms with Gasteiger partial charge in [0.2, 0.25) is 0 Å². The Morgan fingerprint density at radius 2 is 1.03 bits per heavy atom. The van der Waals surface area contributed by atoms with Crippen molar-refractivity contribution in [3.05, 3.63) is 0 Å². The van der Waals surface area contributed by atoms with Gasteiger partial charge in [-0.25, -0.2) is 4.79 Å². The molecule has 30 nitrogen and oxygen atoms in total. The number of aliphatic hydroxyl groups excluding tert-OH is 12. The van der Waals surface area contributed by atoms with E-state index in [0.717, 1.165) is 12.8 Å². The molecule has 0 aromatic rings. The Kier molecular flexibility index (Phi) is 16.4. The largest absolute Gasteiger partial charge is 0.479 e. The number of fused-ring (bicyclic) bond motifs is 5. The Morgan fingerprint density at radius 1 is 0.478 bits per heavy atom. The molecule has 0 amide bonds. The molecule has 0 saturated carbocycles. The van der Waals surface area contributed by atoms with Crippen LogP contribution in [0.3, 0.4) is 0 Å². The highest BCUT2D eigenvalue weighted by atomic mass is 16.9. The summed E-state index contributed by atoms with van der Waals surface area (Å²) in [7, 11) is 0. The van der Waals surface area contributed by atoms with Crippen LogP contribution in [0.2, 0.25) is 0 Å². The van der Waals surface area contributed by atoms with Gasteiger partial charge in [0.25, 0.3) is 0 Å². The van der Waals surface area contributed by atoms with E-state index in [4.69, 9.17) is 76.8 Å². The van der Waals surface area contributed by atoms with Crippen LogP contribution >= 0.6 is 0 Å². The molecule has 30 atom stereocenters. The molecule has 0 aliphatic carbocycles. The lowest BCUT2D eigenvalue weighted by atomic mass is 9.97. The number of epoxide rings is 2. The zero-order valence-corrected chi connectivity index (χ0v) is 36.4. The molecule has 396 valence electrons. The fraction of sp³-hybridized carbons (Fsp3) is 0.974. The summed E-state index contributed by atoms with van der Waals surface area (Å²) in [6.45, 7) is -1.04. The van der Waals surface area contributed by atoms with Gasteiger partial charge in [-0.2, -0.15) is 0 Å². The van der Waals surface area contributed by atoms with Crippen LogP contribution in [-0.2, 0) is 75.8 Å². The molecule has 0 radical (unpaired) electrons. The second kappa shape index (κ2) is 21.7. The van der Waals surface area contributed by atoms with Crippen molar-refractivity contribution in [1.82, 2.24) is 0 Å². The van der Waals surface area contributed by atoms with Gasteiger partial charge >= 0.3 is 5.97 Å². The van der Waals surface area contributed by atoms with Gasteiger partial charge < -0.3 is 143 Å². The summed E-state index contributed by atoms with van der Waals surface area (Å²) in [5.74, 6) is -1.70. The lowest BCUT2D eigenvalue weighted by Gasteiger charge is -2.47. The number of aliphatic carboxylic acids is 1. The van der Waals surface area contributed by atoms with E-state index < -0.39 is 204 Å². The molecule has 10 aliphatic rings. The number of aliphatic hydroxyl groups is 12. The second-order valence-electron chi connectivity index (χ2n) is 18.2. The van der Waals surface area contributed by atoms with Gasteiger partial charge in [-0.05, 0) is 25.8 Å². The fourth-order valence-electron chi connectivity index (χ4n) is 9.24. The van der Waals surface area contributed by atoms with E-state index in [0.29, 0.717) is 13.0 Å². The quantitative estimate of drug-likeness (QED) is 0.0422. The van der Waals surface area contributed by atoms with Gasteiger partial charge in [0.1, 0.15) is 116 Å². The number of carboxylic acid groups (broad SMARTS) is 1. The molecule has 0 aromatic heterocycles. The molecule has 30 heteroatoms. The van der Waals surface area contributed by atoms with Crippen LogP contribution < -0.4 is 5.73 Å². The van der Waals surface area contributed by atoms with Crippen LogP contribution in [-0.4, -0.2) is 284 Å². The fourth-order valence-corrected chi connectivity index (χ4v) is 9.24. The molecule has 69 heavy (non-hydrogen) atoms. The van der Waals surface area contributed by atoms with Crippen molar-refractivity contribution >= 4 is 5.97 Å². The summed E-state index contributed by atoms with van der Waals surface area (Å²) >= 11 is 0. The maximum atomic E-state index is 11.7. The first-order valence-corrected chi connectivity index (χ1v) is 22.8. The highest BCUT2D eigenvalue weighted by Gasteiger charge is 2.65. The maximum Gasteiger partial charge on any atom is 0.335 e. The van der Waals surface area contributed by atoms with E-state index in [1.807, 2.05) is 0 Å². The van der Waals surface area contributed by atoms with E-state index in [2.05, 4.69) is 0 Å². The van der Waals surface area contributed by atoms with Crippen LogP contribution in [0, 0.1) is 0 Å². The molecule has 10 heterocycles. The summed E-state index contributed by atoms with van der Waals surface area (Å²) in [5, 5.41) is 140. The minimum atomic E-state index is -2.09. The highest BCUT2D eigenvalue weighted by molar-refractivity contribution is 5.73. The third-order valence-corrected chi connectivity index (χ3v) is 13.4. The smallest absolute Gasteiger partial charge is 0.335 e. The topological polar surface area (TPSA) is 451 Å². The van der Waals surface area contributed by atoms with Crippen molar-refractivity contribution in [2.75, 3.05) is 26.4 Å².